The second-order valence-corrected chi connectivity index (χ2v) is 6.83. The van der Waals surface area contributed by atoms with Gasteiger partial charge in [0.25, 0.3) is 0 Å². The largest absolute Gasteiger partial charge is 0.326 e. The minimum Gasteiger partial charge on any atom is -0.326 e. The highest BCUT2D eigenvalue weighted by atomic mass is 16.2. The normalized spacial score (nSPS) is 16.0. The molecule has 2 rings (SSSR count). The molecule has 0 radical (unpaired) electrons. The van der Waals surface area contributed by atoms with Crippen LogP contribution in [0.4, 0.5) is 11.4 Å². The number of carbonyl (C=O) groups is 2. The van der Waals surface area contributed by atoms with Crippen LogP contribution in [0, 0.1) is 5.41 Å². The van der Waals surface area contributed by atoms with Gasteiger partial charge in [-0.2, -0.15) is 0 Å². The van der Waals surface area contributed by atoms with Crippen molar-refractivity contribution in [1.82, 2.24) is 0 Å². The van der Waals surface area contributed by atoms with Crippen LogP contribution in [0.15, 0.2) is 24.3 Å². The van der Waals surface area contributed by atoms with Crippen LogP contribution in [0.3, 0.4) is 0 Å². The molecule has 0 spiro atoms. The predicted molar refractivity (Wildman–Crippen MR) is 85.3 cm³/mol. The molecule has 1 aromatic carbocycles. The molecular weight excluding hydrogens is 264 g/mol. The number of carbonyl (C=O) groups excluding carboxylic acids is 2. The average molecular weight is 288 g/mol. The molecule has 1 N–H and O–H groups in total. The molecule has 0 aliphatic carbocycles. The lowest BCUT2D eigenvalue weighted by molar-refractivity contribution is -0.119. The fraction of sp³-hybridized carbons (Fsp3) is 0.529. The molecule has 4 nitrogen and oxygen atoms in total. The van der Waals surface area contributed by atoms with Gasteiger partial charge in [0.15, 0.2) is 0 Å². The third kappa shape index (κ3) is 4.59. The summed E-state index contributed by atoms with van der Waals surface area (Å²) < 4.78 is 0. The molecule has 0 saturated carbocycles. The SMILES string of the molecule is CC(C)(C)CC(=O)Nc1ccc(N2CCCCC2=O)cc1. The number of hydrogen-bond acceptors (Lipinski definition) is 2. The van der Waals surface area contributed by atoms with Crippen LogP contribution in [0.1, 0.15) is 46.5 Å². The number of anilines is 2. The van der Waals surface area contributed by atoms with Crippen LogP contribution >= 0.6 is 0 Å². The van der Waals surface area contributed by atoms with Crippen molar-refractivity contribution in [1.29, 1.82) is 0 Å². The number of piperidine rings is 1. The Morgan fingerprint density at radius 2 is 1.86 bits per heavy atom. The van der Waals surface area contributed by atoms with E-state index < -0.39 is 0 Å². The summed E-state index contributed by atoms with van der Waals surface area (Å²) in [6, 6.07) is 7.52. The van der Waals surface area contributed by atoms with Crippen LogP contribution < -0.4 is 10.2 Å². The number of hydrogen-bond donors (Lipinski definition) is 1. The smallest absolute Gasteiger partial charge is 0.226 e. The lowest BCUT2D eigenvalue weighted by Crippen LogP contribution is -2.35. The van der Waals surface area contributed by atoms with Crippen molar-refractivity contribution in [3.63, 3.8) is 0 Å². The van der Waals surface area contributed by atoms with E-state index in [1.165, 1.54) is 0 Å². The van der Waals surface area contributed by atoms with E-state index in [2.05, 4.69) is 5.32 Å². The van der Waals surface area contributed by atoms with E-state index in [0.717, 1.165) is 30.8 Å². The summed E-state index contributed by atoms with van der Waals surface area (Å²) in [4.78, 5) is 25.6. The van der Waals surface area contributed by atoms with Crippen LogP contribution in [0.25, 0.3) is 0 Å². The molecule has 1 fully saturated rings. The van der Waals surface area contributed by atoms with Gasteiger partial charge < -0.3 is 10.2 Å². The first-order chi connectivity index (χ1) is 9.85. The Morgan fingerprint density at radius 1 is 1.19 bits per heavy atom. The number of nitrogens with zero attached hydrogens (tertiary/aromatic N) is 1. The van der Waals surface area contributed by atoms with E-state index in [-0.39, 0.29) is 17.2 Å². The van der Waals surface area contributed by atoms with Crippen molar-refractivity contribution in [2.45, 2.75) is 46.5 Å². The molecule has 1 aliphatic heterocycles. The van der Waals surface area contributed by atoms with Crippen LogP contribution in [-0.2, 0) is 9.59 Å². The van der Waals surface area contributed by atoms with E-state index >= 15 is 0 Å². The minimum absolute atomic E-state index is 0.0179. The summed E-state index contributed by atoms with van der Waals surface area (Å²) in [5, 5.41) is 2.90. The van der Waals surface area contributed by atoms with E-state index in [4.69, 9.17) is 0 Å². The number of rotatable bonds is 3. The van der Waals surface area contributed by atoms with E-state index in [1.807, 2.05) is 49.9 Å². The Balaban J connectivity index is 1.99. The maximum Gasteiger partial charge on any atom is 0.226 e. The molecule has 1 saturated heterocycles. The minimum atomic E-state index is -0.0236. The maximum absolute atomic E-state index is 11.9. The Hall–Kier alpha value is -1.84. The Labute approximate surface area is 126 Å². The summed E-state index contributed by atoms with van der Waals surface area (Å²) in [6.45, 7) is 6.90. The highest BCUT2D eigenvalue weighted by Crippen LogP contribution is 2.24. The van der Waals surface area contributed by atoms with Gasteiger partial charge in [-0.25, -0.2) is 0 Å². The lowest BCUT2D eigenvalue weighted by atomic mass is 9.92. The molecule has 4 heteroatoms. The third-order valence-corrected chi connectivity index (χ3v) is 3.48. The van der Waals surface area contributed by atoms with Crippen molar-refractivity contribution in [2.24, 2.45) is 5.41 Å². The molecule has 114 valence electrons. The maximum atomic E-state index is 11.9. The van der Waals surface area contributed by atoms with Crippen molar-refractivity contribution in [3.05, 3.63) is 24.3 Å². The first-order valence-corrected chi connectivity index (χ1v) is 7.55. The van der Waals surface area contributed by atoms with E-state index in [1.54, 1.807) is 0 Å². The molecule has 1 aromatic rings. The summed E-state index contributed by atoms with van der Waals surface area (Å²) in [7, 11) is 0. The van der Waals surface area contributed by atoms with Crippen molar-refractivity contribution in [2.75, 3.05) is 16.8 Å². The molecule has 0 bridgehead atoms. The zero-order valence-electron chi connectivity index (χ0n) is 13.1. The van der Waals surface area contributed by atoms with E-state index in [9.17, 15) is 9.59 Å². The average Bonchev–Trinajstić information content (AvgIpc) is 2.38. The van der Waals surface area contributed by atoms with E-state index in [0.29, 0.717) is 12.8 Å². The Bertz CT molecular complexity index is 515. The first-order valence-electron chi connectivity index (χ1n) is 7.55. The van der Waals surface area contributed by atoms with Crippen LogP contribution in [-0.4, -0.2) is 18.4 Å². The Kier molecular flexibility index (Phi) is 4.66. The second-order valence-electron chi connectivity index (χ2n) is 6.83. The van der Waals surface area contributed by atoms with Crippen molar-refractivity contribution in [3.8, 4) is 0 Å². The van der Waals surface area contributed by atoms with Crippen LogP contribution in [0.2, 0.25) is 0 Å². The zero-order valence-corrected chi connectivity index (χ0v) is 13.1. The quantitative estimate of drug-likeness (QED) is 0.924. The summed E-state index contributed by atoms with van der Waals surface area (Å²) >= 11 is 0. The second kappa shape index (κ2) is 6.29. The molecule has 1 heterocycles. The highest BCUT2D eigenvalue weighted by molar-refractivity contribution is 5.95. The molecule has 0 unspecified atom stereocenters. The van der Waals surface area contributed by atoms with Gasteiger partial charge in [-0.1, -0.05) is 20.8 Å². The fourth-order valence-corrected chi connectivity index (χ4v) is 2.49. The van der Waals surface area contributed by atoms with Crippen LogP contribution in [0.5, 0.6) is 0 Å². The van der Waals surface area contributed by atoms with Crippen molar-refractivity contribution >= 4 is 23.2 Å². The van der Waals surface area contributed by atoms with Gasteiger partial charge >= 0.3 is 0 Å². The first kappa shape index (κ1) is 15.5. The van der Waals surface area contributed by atoms with Crippen molar-refractivity contribution < 1.29 is 9.59 Å². The van der Waals surface area contributed by atoms with Gasteiger partial charge in [0.05, 0.1) is 0 Å². The molecule has 21 heavy (non-hydrogen) atoms. The topological polar surface area (TPSA) is 49.4 Å². The number of nitrogens with one attached hydrogen (secondary N) is 1. The van der Waals surface area contributed by atoms with Gasteiger partial charge in [-0.15, -0.1) is 0 Å². The summed E-state index contributed by atoms with van der Waals surface area (Å²) in [5.41, 5.74) is 1.66. The monoisotopic (exact) mass is 288 g/mol. The Morgan fingerprint density at radius 3 is 2.43 bits per heavy atom. The summed E-state index contributed by atoms with van der Waals surface area (Å²) in [5.74, 6) is 0.204. The standard InChI is InChI=1S/C17H24N2O2/c1-17(2,3)12-15(20)18-13-7-9-14(10-8-13)19-11-5-4-6-16(19)21/h7-10H,4-6,11-12H2,1-3H3,(H,18,20). The van der Waals surface area contributed by atoms with Gasteiger partial charge in [0, 0.05) is 30.8 Å². The molecule has 2 amide bonds. The van der Waals surface area contributed by atoms with Gasteiger partial charge in [0.2, 0.25) is 11.8 Å². The number of benzene rings is 1. The lowest BCUT2D eigenvalue weighted by Gasteiger charge is -2.27. The van der Waals surface area contributed by atoms with Gasteiger partial charge in [-0.05, 0) is 42.5 Å². The fourth-order valence-electron chi connectivity index (χ4n) is 2.49. The number of amides is 2. The molecule has 0 atom stereocenters. The molecular formula is C17H24N2O2. The van der Waals surface area contributed by atoms with Gasteiger partial charge in [-0.3, -0.25) is 9.59 Å². The van der Waals surface area contributed by atoms with Gasteiger partial charge in [0.1, 0.15) is 0 Å². The zero-order chi connectivity index (χ0) is 15.5. The molecule has 1 aliphatic rings. The highest BCUT2D eigenvalue weighted by Gasteiger charge is 2.19. The predicted octanol–water partition coefficient (Wildman–Crippen LogP) is 3.58. The molecule has 0 aromatic heterocycles. The third-order valence-electron chi connectivity index (χ3n) is 3.48. The summed E-state index contributed by atoms with van der Waals surface area (Å²) in [6.07, 6.45) is 3.15.